The highest BCUT2D eigenvalue weighted by molar-refractivity contribution is 5.77. The van der Waals surface area contributed by atoms with E-state index in [9.17, 15) is 4.79 Å². The summed E-state index contributed by atoms with van der Waals surface area (Å²) in [5.74, 6) is 0.863. The summed E-state index contributed by atoms with van der Waals surface area (Å²) in [6.45, 7) is 5.07. The Bertz CT molecular complexity index is 487. The van der Waals surface area contributed by atoms with Gasteiger partial charge in [-0.25, -0.2) is 0 Å². The topological polar surface area (TPSA) is 50.8 Å². The summed E-state index contributed by atoms with van der Waals surface area (Å²) in [4.78, 5) is 13.9. The van der Waals surface area contributed by atoms with Crippen molar-refractivity contribution >= 4 is 5.91 Å². The van der Waals surface area contributed by atoms with E-state index >= 15 is 0 Å². The molecule has 1 saturated heterocycles. The van der Waals surface area contributed by atoms with Crippen LogP contribution < -0.4 is 10.1 Å². The molecule has 0 saturated carbocycles. The van der Waals surface area contributed by atoms with Crippen molar-refractivity contribution in [2.75, 3.05) is 39.9 Å². The molecule has 23 heavy (non-hydrogen) atoms. The molecule has 1 fully saturated rings. The van der Waals surface area contributed by atoms with Crippen molar-refractivity contribution in [3.8, 4) is 5.75 Å². The Morgan fingerprint density at radius 2 is 2.30 bits per heavy atom. The molecule has 0 aliphatic carbocycles. The molecule has 128 valence electrons. The van der Waals surface area contributed by atoms with Crippen molar-refractivity contribution in [3.05, 3.63) is 29.8 Å². The third kappa shape index (κ3) is 7.01. The standard InChI is InChI=1S/C18H28N2O3/c1-15-6-5-8-16(12-15)23-11-9-19-18(21)14-20(2)13-17-7-3-4-10-22-17/h5-6,8,12,17H,3-4,7,9-11,13-14H2,1-2H3,(H,19,21). The minimum absolute atomic E-state index is 0.0242. The van der Waals surface area contributed by atoms with Crippen LogP contribution >= 0.6 is 0 Å². The van der Waals surface area contributed by atoms with Crippen molar-refractivity contribution in [2.45, 2.75) is 32.3 Å². The lowest BCUT2D eigenvalue weighted by Gasteiger charge is -2.27. The first-order valence-electron chi connectivity index (χ1n) is 8.40. The van der Waals surface area contributed by atoms with Crippen LogP contribution in [0.1, 0.15) is 24.8 Å². The maximum absolute atomic E-state index is 11.9. The van der Waals surface area contributed by atoms with Crippen LogP contribution in [-0.4, -0.2) is 56.8 Å². The van der Waals surface area contributed by atoms with Crippen molar-refractivity contribution in [3.63, 3.8) is 0 Å². The van der Waals surface area contributed by atoms with Crippen LogP contribution in [0.2, 0.25) is 0 Å². The average molecular weight is 320 g/mol. The van der Waals surface area contributed by atoms with Crippen molar-refractivity contribution in [2.24, 2.45) is 0 Å². The van der Waals surface area contributed by atoms with Gasteiger partial charge in [0.2, 0.25) is 5.91 Å². The maximum Gasteiger partial charge on any atom is 0.234 e. The van der Waals surface area contributed by atoms with Gasteiger partial charge in [-0.05, 0) is 50.9 Å². The van der Waals surface area contributed by atoms with Crippen LogP contribution in [0, 0.1) is 6.92 Å². The molecule has 1 amide bonds. The second kappa shape index (κ2) is 9.53. The number of benzene rings is 1. The normalized spacial score (nSPS) is 18.0. The number of nitrogens with zero attached hydrogens (tertiary/aromatic N) is 1. The molecule has 1 aliphatic heterocycles. The fourth-order valence-corrected chi connectivity index (χ4v) is 2.73. The predicted molar refractivity (Wildman–Crippen MR) is 90.8 cm³/mol. The first kappa shape index (κ1) is 17.8. The van der Waals surface area contributed by atoms with E-state index in [4.69, 9.17) is 9.47 Å². The molecule has 0 bridgehead atoms. The van der Waals surface area contributed by atoms with Gasteiger partial charge >= 0.3 is 0 Å². The summed E-state index contributed by atoms with van der Waals surface area (Å²) < 4.78 is 11.3. The molecule has 0 radical (unpaired) electrons. The van der Waals surface area contributed by atoms with Gasteiger partial charge in [-0.1, -0.05) is 12.1 Å². The monoisotopic (exact) mass is 320 g/mol. The number of hydrogen-bond acceptors (Lipinski definition) is 4. The van der Waals surface area contributed by atoms with E-state index < -0.39 is 0 Å². The van der Waals surface area contributed by atoms with Crippen LogP contribution in [0.5, 0.6) is 5.75 Å². The highest BCUT2D eigenvalue weighted by atomic mass is 16.5. The smallest absolute Gasteiger partial charge is 0.234 e. The number of rotatable bonds is 8. The lowest BCUT2D eigenvalue weighted by molar-refractivity contribution is -0.122. The van der Waals surface area contributed by atoms with Gasteiger partial charge in [-0.2, -0.15) is 0 Å². The van der Waals surface area contributed by atoms with E-state index in [0.29, 0.717) is 19.7 Å². The Morgan fingerprint density at radius 1 is 1.43 bits per heavy atom. The quantitative estimate of drug-likeness (QED) is 0.744. The van der Waals surface area contributed by atoms with Gasteiger partial charge < -0.3 is 14.8 Å². The maximum atomic E-state index is 11.9. The van der Waals surface area contributed by atoms with E-state index in [0.717, 1.165) is 37.3 Å². The number of likely N-dealkylation sites (N-methyl/N-ethyl adjacent to an activating group) is 1. The third-order valence-electron chi connectivity index (χ3n) is 3.89. The fraction of sp³-hybridized carbons (Fsp3) is 0.611. The number of ether oxygens (including phenoxy) is 2. The highest BCUT2D eigenvalue weighted by Gasteiger charge is 2.17. The number of carbonyl (C=O) groups excluding carboxylic acids is 1. The molecule has 1 atom stereocenters. The van der Waals surface area contributed by atoms with E-state index in [1.807, 2.05) is 43.1 Å². The summed E-state index contributed by atoms with van der Waals surface area (Å²) in [6, 6.07) is 7.90. The molecule has 1 aromatic rings. The minimum Gasteiger partial charge on any atom is -0.492 e. The van der Waals surface area contributed by atoms with Crippen LogP contribution in [0.3, 0.4) is 0 Å². The van der Waals surface area contributed by atoms with Gasteiger partial charge in [0.1, 0.15) is 12.4 Å². The van der Waals surface area contributed by atoms with E-state index in [1.54, 1.807) is 0 Å². The average Bonchev–Trinajstić information content (AvgIpc) is 2.52. The van der Waals surface area contributed by atoms with Crippen molar-refractivity contribution in [1.82, 2.24) is 10.2 Å². The van der Waals surface area contributed by atoms with Crippen LogP contribution in [-0.2, 0) is 9.53 Å². The molecule has 5 heteroatoms. The van der Waals surface area contributed by atoms with Gasteiger partial charge in [-0.3, -0.25) is 9.69 Å². The van der Waals surface area contributed by atoms with E-state index in [1.165, 1.54) is 6.42 Å². The molecule has 1 aromatic carbocycles. The third-order valence-corrected chi connectivity index (χ3v) is 3.89. The first-order valence-corrected chi connectivity index (χ1v) is 8.40. The molecule has 1 aliphatic rings. The number of carbonyl (C=O) groups is 1. The number of aryl methyl sites for hydroxylation is 1. The van der Waals surface area contributed by atoms with Crippen LogP contribution in [0.4, 0.5) is 0 Å². The zero-order valence-corrected chi connectivity index (χ0v) is 14.2. The fourth-order valence-electron chi connectivity index (χ4n) is 2.73. The SMILES string of the molecule is Cc1cccc(OCCNC(=O)CN(C)CC2CCCCO2)c1. The Balaban J connectivity index is 1.57. The van der Waals surface area contributed by atoms with E-state index in [-0.39, 0.29) is 12.0 Å². The van der Waals surface area contributed by atoms with E-state index in [2.05, 4.69) is 5.32 Å². The van der Waals surface area contributed by atoms with Crippen LogP contribution in [0.25, 0.3) is 0 Å². The molecule has 1 N–H and O–H groups in total. The number of amides is 1. The van der Waals surface area contributed by atoms with Gasteiger partial charge in [0.25, 0.3) is 0 Å². The molecule has 0 aromatic heterocycles. The molecule has 1 heterocycles. The van der Waals surface area contributed by atoms with Gasteiger partial charge in [0.05, 0.1) is 19.2 Å². The Labute approximate surface area is 139 Å². The minimum atomic E-state index is 0.0242. The summed E-state index contributed by atoms with van der Waals surface area (Å²) in [5, 5.41) is 2.89. The van der Waals surface area contributed by atoms with Gasteiger partial charge in [0, 0.05) is 13.2 Å². The van der Waals surface area contributed by atoms with Crippen molar-refractivity contribution in [1.29, 1.82) is 0 Å². The molecular formula is C18H28N2O3. The zero-order valence-electron chi connectivity index (χ0n) is 14.2. The Hall–Kier alpha value is -1.59. The summed E-state index contributed by atoms with van der Waals surface area (Å²) in [6.07, 6.45) is 3.74. The lowest BCUT2D eigenvalue weighted by Crippen LogP contribution is -2.41. The molecule has 5 nitrogen and oxygen atoms in total. The number of nitrogens with one attached hydrogen (secondary N) is 1. The second-order valence-electron chi connectivity index (χ2n) is 6.20. The summed E-state index contributed by atoms with van der Waals surface area (Å²) in [5.41, 5.74) is 1.16. The van der Waals surface area contributed by atoms with Crippen molar-refractivity contribution < 1.29 is 14.3 Å². The van der Waals surface area contributed by atoms with Crippen LogP contribution in [0.15, 0.2) is 24.3 Å². The lowest BCUT2D eigenvalue weighted by atomic mass is 10.1. The largest absolute Gasteiger partial charge is 0.492 e. The highest BCUT2D eigenvalue weighted by Crippen LogP contribution is 2.13. The second-order valence-corrected chi connectivity index (χ2v) is 6.20. The number of hydrogen-bond donors (Lipinski definition) is 1. The molecular weight excluding hydrogens is 292 g/mol. The Kier molecular flexibility index (Phi) is 7.36. The summed E-state index contributed by atoms with van der Waals surface area (Å²) >= 11 is 0. The Morgan fingerprint density at radius 3 is 3.04 bits per heavy atom. The van der Waals surface area contributed by atoms with Gasteiger partial charge in [0.15, 0.2) is 0 Å². The molecule has 2 rings (SSSR count). The summed E-state index contributed by atoms with van der Waals surface area (Å²) in [7, 11) is 1.96. The predicted octanol–water partition coefficient (Wildman–Crippen LogP) is 1.99. The molecule has 1 unspecified atom stereocenters. The van der Waals surface area contributed by atoms with Gasteiger partial charge in [-0.15, -0.1) is 0 Å². The first-order chi connectivity index (χ1) is 11.1. The zero-order chi connectivity index (χ0) is 16.5. The molecule has 0 spiro atoms.